The molecule has 1 aromatic carbocycles. The van der Waals surface area contributed by atoms with Gasteiger partial charge in [-0.2, -0.15) is 0 Å². The largest absolute Gasteiger partial charge is 0.504 e. The summed E-state index contributed by atoms with van der Waals surface area (Å²) in [4.78, 5) is 0. The third-order valence-corrected chi connectivity index (χ3v) is 1.87. The van der Waals surface area contributed by atoms with Gasteiger partial charge in [0.2, 0.25) is 11.5 Å². The first-order valence-electron chi connectivity index (χ1n) is 3.95. The molecule has 0 atom stereocenters. The monoisotopic (exact) mass is 196 g/mol. The van der Waals surface area contributed by atoms with E-state index in [1.165, 1.54) is 26.4 Å². The number of hydrogen-bond donors (Lipinski definition) is 2. The van der Waals surface area contributed by atoms with Crippen LogP contribution in [-0.2, 0) is 0 Å². The quantitative estimate of drug-likeness (QED) is 0.773. The van der Waals surface area contributed by atoms with Gasteiger partial charge in [-0.3, -0.25) is 0 Å². The molecule has 14 heavy (non-hydrogen) atoms. The lowest BCUT2D eigenvalue weighted by atomic mass is 10.1. The van der Waals surface area contributed by atoms with Gasteiger partial charge in [0.1, 0.15) is 0 Å². The molecule has 0 bridgehead atoms. The zero-order valence-corrected chi connectivity index (χ0v) is 8.07. The van der Waals surface area contributed by atoms with Crippen molar-refractivity contribution in [3.8, 4) is 23.0 Å². The molecule has 1 aromatic rings. The average molecular weight is 196 g/mol. The molecule has 0 aliphatic heterocycles. The Labute approximate surface area is 82.0 Å². The minimum absolute atomic E-state index is 0.0146. The molecule has 76 valence electrons. The summed E-state index contributed by atoms with van der Waals surface area (Å²) in [7, 11) is 2.76. The number of benzene rings is 1. The number of aromatic hydroxyl groups is 2. The molecule has 1 rings (SSSR count). The molecule has 0 unspecified atom stereocenters. The Balaban J connectivity index is 3.46. The molecule has 0 fully saturated rings. The van der Waals surface area contributed by atoms with Crippen molar-refractivity contribution in [3.63, 3.8) is 0 Å². The summed E-state index contributed by atoms with van der Waals surface area (Å²) >= 11 is 0. The van der Waals surface area contributed by atoms with Crippen LogP contribution in [0.3, 0.4) is 0 Å². The molecular formula is C10H12O4. The highest BCUT2D eigenvalue weighted by atomic mass is 16.5. The van der Waals surface area contributed by atoms with E-state index in [1.54, 1.807) is 0 Å². The van der Waals surface area contributed by atoms with Crippen molar-refractivity contribution in [1.29, 1.82) is 0 Å². The molecule has 2 N–H and O–H groups in total. The first-order chi connectivity index (χ1) is 6.65. The van der Waals surface area contributed by atoms with Gasteiger partial charge in [-0.25, -0.2) is 0 Å². The van der Waals surface area contributed by atoms with E-state index in [0.29, 0.717) is 5.56 Å². The van der Waals surface area contributed by atoms with Gasteiger partial charge in [-0.05, 0) is 6.07 Å². The normalized spacial score (nSPS) is 9.57. The van der Waals surface area contributed by atoms with Crippen LogP contribution in [0.4, 0.5) is 0 Å². The Hall–Kier alpha value is -1.84. The van der Waals surface area contributed by atoms with Crippen molar-refractivity contribution in [2.24, 2.45) is 0 Å². The summed E-state index contributed by atoms with van der Waals surface area (Å²) in [5.74, 6) is -0.160. The lowest BCUT2D eigenvalue weighted by molar-refractivity contribution is 0.322. The maximum absolute atomic E-state index is 9.58. The van der Waals surface area contributed by atoms with E-state index in [-0.39, 0.29) is 23.0 Å². The van der Waals surface area contributed by atoms with Crippen LogP contribution < -0.4 is 9.47 Å². The van der Waals surface area contributed by atoms with Crippen LogP contribution in [0.2, 0.25) is 0 Å². The summed E-state index contributed by atoms with van der Waals surface area (Å²) in [6.07, 6.45) is 1.44. The Bertz CT molecular complexity index is 358. The van der Waals surface area contributed by atoms with Crippen LogP contribution in [0, 0.1) is 0 Å². The van der Waals surface area contributed by atoms with Gasteiger partial charge >= 0.3 is 0 Å². The number of hydrogen-bond acceptors (Lipinski definition) is 4. The first-order valence-corrected chi connectivity index (χ1v) is 3.95. The summed E-state index contributed by atoms with van der Waals surface area (Å²) in [6.45, 7) is 3.52. The third-order valence-electron chi connectivity index (χ3n) is 1.87. The zero-order valence-electron chi connectivity index (χ0n) is 8.07. The maximum Gasteiger partial charge on any atom is 0.207 e. The lowest BCUT2D eigenvalue weighted by Crippen LogP contribution is -1.91. The third kappa shape index (κ3) is 1.46. The summed E-state index contributed by atoms with van der Waals surface area (Å²) in [5, 5.41) is 19.1. The highest BCUT2D eigenvalue weighted by Crippen LogP contribution is 2.45. The standard InChI is InChI=1S/C10H12O4/c1-4-6-5-7(13-2)9(12)10(14-3)8(6)11/h4-5,11-12H,1H2,2-3H3. The number of ether oxygens (including phenoxy) is 2. The van der Waals surface area contributed by atoms with Crippen LogP contribution in [0.1, 0.15) is 5.56 Å². The summed E-state index contributed by atoms with van der Waals surface area (Å²) < 4.78 is 9.73. The van der Waals surface area contributed by atoms with Crippen LogP contribution in [0.25, 0.3) is 6.08 Å². The van der Waals surface area contributed by atoms with Crippen molar-refractivity contribution in [2.75, 3.05) is 14.2 Å². The van der Waals surface area contributed by atoms with Crippen LogP contribution in [0.5, 0.6) is 23.0 Å². The van der Waals surface area contributed by atoms with Gasteiger partial charge in [-0.1, -0.05) is 12.7 Å². The number of phenolic OH excluding ortho intramolecular Hbond substituents is 2. The molecule has 0 saturated heterocycles. The van der Waals surface area contributed by atoms with E-state index in [4.69, 9.17) is 9.47 Å². The van der Waals surface area contributed by atoms with E-state index >= 15 is 0 Å². The van der Waals surface area contributed by atoms with Gasteiger partial charge in [0.15, 0.2) is 11.5 Å². The van der Waals surface area contributed by atoms with Crippen molar-refractivity contribution < 1.29 is 19.7 Å². The Morgan fingerprint density at radius 3 is 2.29 bits per heavy atom. The van der Waals surface area contributed by atoms with Crippen molar-refractivity contribution >= 4 is 6.08 Å². The van der Waals surface area contributed by atoms with Crippen LogP contribution >= 0.6 is 0 Å². The first kappa shape index (κ1) is 10.2. The molecule has 0 aliphatic rings. The number of phenols is 2. The summed E-state index contributed by atoms with van der Waals surface area (Å²) in [5.41, 5.74) is 0.441. The smallest absolute Gasteiger partial charge is 0.207 e. The van der Waals surface area contributed by atoms with E-state index in [1.807, 2.05) is 0 Å². The predicted octanol–water partition coefficient (Wildman–Crippen LogP) is 1.76. The molecular weight excluding hydrogens is 184 g/mol. The van der Waals surface area contributed by atoms with E-state index in [0.717, 1.165) is 0 Å². The molecule has 0 aromatic heterocycles. The fourth-order valence-electron chi connectivity index (χ4n) is 1.14. The topological polar surface area (TPSA) is 58.9 Å². The van der Waals surface area contributed by atoms with Crippen molar-refractivity contribution in [3.05, 3.63) is 18.2 Å². The molecule has 4 nitrogen and oxygen atoms in total. The summed E-state index contributed by atoms with van der Waals surface area (Å²) in [6, 6.07) is 1.47. The molecule has 0 saturated carbocycles. The highest BCUT2D eigenvalue weighted by Gasteiger charge is 2.16. The molecule has 4 heteroatoms. The maximum atomic E-state index is 9.58. The van der Waals surface area contributed by atoms with E-state index < -0.39 is 0 Å². The Morgan fingerprint density at radius 1 is 1.21 bits per heavy atom. The molecule has 0 radical (unpaired) electrons. The highest BCUT2D eigenvalue weighted by molar-refractivity contribution is 5.69. The van der Waals surface area contributed by atoms with Crippen molar-refractivity contribution in [2.45, 2.75) is 0 Å². The molecule has 0 aliphatic carbocycles. The second-order valence-corrected chi connectivity index (χ2v) is 2.60. The molecule has 0 spiro atoms. The number of rotatable bonds is 3. The van der Waals surface area contributed by atoms with E-state index in [2.05, 4.69) is 6.58 Å². The van der Waals surface area contributed by atoms with Gasteiger partial charge in [-0.15, -0.1) is 0 Å². The average Bonchev–Trinajstić information content (AvgIpc) is 2.19. The van der Waals surface area contributed by atoms with Gasteiger partial charge in [0, 0.05) is 5.56 Å². The van der Waals surface area contributed by atoms with Crippen LogP contribution in [0.15, 0.2) is 12.6 Å². The Kier molecular flexibility index (Phi) is 2.86. The fourth-order valence-corrected chi connectivity index (χ4v) is 1.14. The minimum Gasteiger partial charge on any atom is -0.504 e. The predicted molar refractivity (Wildman–Crippen MR) is 53.0 cm³/mol. The zero-order chi connectivity index (χ0) is 10.7. The molecule has 0 heterocycles. The number of methoxy groups -OCH3 is 2. The van der Waals surface area contributed by atoms with Gasteiger partial charge in [0.05, 0.1) is 14.2 Å². The van der Waals surface area contributed by atoms with Crippen molar-refractivity contribution in [1.82, 2.24) is 0 Å². The van der Waals surface area contributed by atoms with Gasteiger partial charge in [0.25, 0.3) is 0 Å². The molecule has 0 amide bonds. The van der Waals surface area contributed by atoms with E-state index in [9.17, 15) is 10.2 Å². The minimum atomic E-state index is -0.224. The van der Waals surface area contributed by atoms with Crippen LogP contribution in [-0.4, -0.2) is 24.4 Å². The Morgan fingerprint density at radius 2 is 1.86 bits per heavy atom. The lowest BCUT2D eigenvalue weighted by Gasteiger charge is -2.11. The SMILES string of the molecule is C=Cc1cc(OC)c(O)c(OC)c1O. The second-order valence-electron chi connectivity index (χ2n) is 2.60. The fraction of sp³-hybridized carbons (Fsp3) is 0.200. The second kappa shape index (κ2) is 3.91. The van der Waals surface area contributed by atoms with Gasteiger partial charge < -0.3 is 19.7 Å².